The van der Waals surface area contributed by atoms with Crippen LogP contribution in [0, 0.1) is 97.2 Å². The number of aromatic amines is 4. The Morgan fingerprint density at radius 1 is 0.399 bits per heavy atom. The number of nitrogens with one attached hydrogen (secondary N) is 4. The van der Waals surface area contributed by atoms with Gasteiger partial charge in [0, 0.05) is 140 Å². The summed E-state index contributed by atoms with van der Waals surface area (Å²) in [5, 5.41) is 61.2. The maximum atomic E-state index is 12.9. The van der Waals surface area contributed by atoms with Gasteiger partial charge in [0.2, 0.25) is 11.8 Å². The first-order valence-corrected chi connectivity index (χ1v) is 51.7. The third-order valence-corrected chi connectivity index (χ3v) is 33.9. The van der Waals surface area contributed by atoms with E-state index in [0.29, 0.717) is 115 Å². The molecule has 27 heteroatoms. The fourth-order valence-electron chi connectivity index (χ4n) is 24.4. The largest absolute Gasteiger partial charge is 0.469 e. The molecule has 4 aromatic heterocycles. The Hall–Kier alpha value is -9.74. The van der Waals surface area contributed by atoms with Gasteiger partial charge in [0.15, 0.2) is 0 Å². The number of methoxy groups -OCH3 is 3. The van der Waals surface area contributed by atoms with Crippen LogP contribution >= 0.6 is 45.2 Å². The Morgan fingerprint density at radius 3 is 1.12 bits per heavy atom. The minimum absolute atomic E-state index is 0.0433. The Balaban J connectivity index is 0.000000134. The highest BCUT2D eigenvalue weighted by Crippen LogP contribution is 2.51. The maximum absolute atomic E-state index is 12.9. The normalized spacial score (nSPS) is 27.4. The molecule has 2 amide bonds. The minimum atomic E-state index is -0.768. The van der Waals surface area contributed by atoms with Gasteiger partial charge < -0.3 is 83.7 Å². The number of H-pyrrole nitrogens is 4. The summed E-state index contributed by atoms with van der Waals surface area (Å²) in [6.45, 7) is 27.9. The Bertz CT molecular complexity index is 5850. The first-order valence-electron chi connectivity index (χ1n) is 49.5. The van der Waals surface area contributed by atoms with Crippen molar-refractivity contribution in [1.29, 1.82) is 0 Å². The number of benzene rings is 7. The number of hydrogen-bond acceptors (Lipinski definition) is 17. The van der Waals surface area contributed by atoms with Crippen molar-refractivity contribution in [2.24, 2.45) is 76.9 Å². The van der Waals surface area contributed by atoms with Gasteiger partial charge in [-0.1, -0.05) is 153 Å². The Labute approximate surface area is 837 Å². The van der Waals surface area contributed by atoms with E-state index < -0.39 is 30.1 Å². The van der Waals surface area contributed by atoms with Crippen molar-refractivity contribution in [3.63, 3.8) is 0 Å². The van der Waals surface area contributed by atoms with E-state index in [1.807, 2.05) is 76.5 Å². The van der Waals surface area contributed by atoms with Crippen LogP contribution in [-0.4, -0.2) is 194 Å². The van der Waals surface area contributed by atoms with Crippen LogP contribution in [0.15, 0.2) is 176 Å². The second-order valence-electron chi connectivity index (χ2n) is 39.4. The SMILES string of the molecule is CC(=O)N1CCc2c([nH]c3ccccc23)[C@H](OCc2ccccc2)C[C@H]2[C@@H](CC[C@H](C)[C@@H]2CO)C1.CO[C@@H]1C[C@H]2[C@@H](CC[C@H](O)[C@@H]2CO)CN(C(C)=O)CCc2c1[nH]c1ccccc21.[C-]#[N+]N1CCc2c([nH]c3ccccc23)[C@@H](OCc2ccccc2I)C[C@H]2[C@@H](CC[C@H](O)[C@@H]2C(=O)OC)C1.[C-]#[N+]N1CCc2c([nH]c3ccccc23)[C@H](OCc2ccccc2I)C[C@H]2[C@@H](CC[C@H](O)[C@@H]2C(=O)OC)C1. The van der Waals surface area contributed by atoms with Crippen molar-refractivity contribution in [3.05, 3.63) is 268 Å². The summed E-state index contributed by atoms with van der Waals surface area (Å²) < 4.78 is 38.7. The highest BCUT2D eigenvalue weighted by molar-refractivity contribution is 14.1. The summed E-state index contributed by atoms with van der Waals surface area (Å²) in [5.74, 6) is -0.539. The molecule has 4 saturated carbocycles. The number of para-hydroxylation sites is 4. The van der Waals surface area contributed by atoms with E-state index in [1.54, 1.807) is 31.0 Å². The summed E-state index contributed by atoms with van der Waals surface area (Å²) in [7, 11) is 4.49. The smallest absolute Gasteiger partial charge is 0.311 e. The summed E-state index contributed by atoms with van der Waals surface area (Å²) >= 11 is 4.66. The van der Waals surface area contributed by atoms with Crippen molar-refractivity contribution < 1.29 is 73.1 Å². The molecule has 138 heavy (non-hydrogen) atoms. The van der Waals surface area contributed by atoms with Crippen LogP contribution < -0.4 is 0 Å². The molecule has 0 spiro atoms. The zero-order valence-corrected chi connectivity index (χ0v) is 84.4. The lowest BCUT2D eigenvalue weighted by molar-refractivity contribution is -0.159. The number of carbonyl (C=O) groups is 4. The average Bonchev–Trinajstić information content (AvgIpc) is 1.81. The van der Waals surface area contributed by atoms with Gasteiger partial charge in [-0.3, -0.25) is 19.2 Å². The van der Waals surface area contributed by atoms with Crippen LogP contribution in [0.4, 0.5) is 0 Å². The van der Waals surface area contributed by atoms with Gasteiger partial charge in [-0.15, -0.1) is 10.0 Å². The minimum Gasteiger partial charge on any atom is -0.469 e. The van der Waals surface area contributed by atoms with Crippen LogP contribution in [0.3, 0.4) is 0 Å². The number of fused-ring (bicyclic) bond motifs is 16. The number of aromatic nitrogens is 4. The lowest BCUT2D eigenvalue weighted by Gasteiger charge is -2.45. The second-order valence-corrected chi connectivity index (χ2v) is 41.7. The predicted octanol–water partition coefficient (Wildman–Crippen LogP) is 18.7. The van der Waals surface area contributed by atoms with Gasteiger partial charge in [-0.05, 0) is 276 Å². The molecule has 8 heterocycles. The third kappa shape index (κ3) is 23.0. The van der Waals surface area contributed by atoms with Gasteiger partial charge >= 0.3 is 11.9 Å². The molecule has 11 aromatic rings. The molecule has 19 rings (SSSR count). The van der Waals surface area contributed by atoms with Crippen molar-refractivity contribution in [3.8, 4) is 0 Å². The zero-order valence-electron chi connectivity index (χ0n) is 80.1. The molecule has 20 atom stereocenters. The molecule has 7 aromatic carbocycles. The number of rotatable bonds is 14. The van der Waals surface area contributed by atoms with Crippen LogP contribution in [0.2, 0.25) is 0 Å². The maximum Gasteiger partial charge on any atom is 0.311 e. The molecular weight excluding hydrogens is 1970 g/mol. The van der Waals surface area contributed by atoms with Crippen molar-refractivity contribution in [2.45, 2.75) is 186 Å². The molecule has 0 saturated heterocycles. The molecule has 9 N–H and O–H groups in total. The van der Waals surface area contributed by atoms with Gasteiger partial charge in [-0.2, -0.15) is 23.1 Å². The molecule has 8 aliphatic rings. The summed E-state index contributed by atoms with van der Waals surface area (Å²) in [6, 6.07) is 59.8. The van der Waals surface area contributed by atoms with Crippen LogP contribution in [0.1, 0.15) is 184 Å². The van der Waals surface area contributed by atoms with Crippen molar-refractivity contribution >= 4 is 113 Å². The van der Waals surface area contributed by atoms with Gasteiger partial charge in [0.05, 0.1) is 115 Å². The topological polar surface area (TPSA) is 310 Å². The molecule has 0 radical (unpaired) electrons. The number of esters is 2. The van der Waals surface area contributed by atoms with Gasteiger partial charge in [-0.25, -0.2) is 0 Å². The van der Waals surface area contributed by atoms with E-state index >= 15 is 0 Å². The number of hydrogen-bond donors (Lipinski definition) is 9. The number of nitrogens with zero attached hydrogens (tertiary/aromatic N) is 6. The molecular formula is C111H134I2N10O15. The number of carbonyl (C=O) groups excluding carboxylic acids is 4. The summed E-state index contributed by atoms with van der Waals surface area (Å²) in [5.41, 5.74) is 16.6. The fourth-order valence-corrected chi connectivity index (χ4v) is 25.5. The van der Waals surface area contributed by atoms with E-state index in [2.05, 4.69) is 191 Å². The second kappa shape index (κ2) is 47.2. The van der Waals surface area contributed by atoms with E-state index in [-0.39, 0.29) is 109 Å². The van der Waals surface area contributed by atoms with E-state index in [0.717, 1.165) is 168 Å². The lowest BCUT2D eigenvalue weighted by atomic mass is 9.65. The fraction of sp³-hybridized carbons (Fsp3) is 0.495. The van der Waals surface area contributed by atoms with Gasteiger partial charge in [0.25, 0.3) is 0 Å². The predicted molar refractivity (Wildman–Crippen MR) is 549 cm³/mol. The van der Waals surface area contributed by atoms with Crippen molar-refractivity contribution in [1.82, 2.24) is 39.8 Å². The molecule has 732 valence electrons. The van der Waals surface area contributed by atoms with Crippen LogP contribution in [0.5, 0.6) is 0 Å². The average molecular weight is 2100 g/mol. The number of ether oxygens (including phenoxy) is 6. The monoisotopic (exact) mass is 2100 g/mol. The molecule has 25 nitrogen and oxygen atoms in total. The van der Waals surface area contributed by atoms with Crippen LogP contribution in [-0.2, 0) is 93.1 Å². The molecule has 0 bridgehead atoms. The Kier molecular flexibility index (Phi) is 34.6. The number of aliphatic hydroxyl groups excluding tert-OH is 5. The first-order chi connectivity index (χ1) is 67.1. The number of halogens is 2. The third-order valence-electron chi connectivity index (χ3n) is 31.8. The zero-order chi connectivity index (χ0) is 96.8. The first kappa shape index (κ1) is 101. The van der Waals surface area contributed by atoms with E-state index in [9.17, 15) is 44.7 Å². The highest BCUT2D eigenvalue weighted by Gasteiger charge is 2.50. The number of aliphatic hydroxyl groups is 5. The molecule has 0 unspecified atom stereocenters. The van der Waals surface area contributed by atoms with Gasteiger partial charge in [0.1, 0.15) is 0 Å². The molecule has 4 aliphatic carbocycles. The molecule has 4 aliphatic heterocycles. The Morgan fingerprint density at radius 2 is 0.732 bits per heavy atom. The standard InChI is InChI=1S/C30H38N2O3.2C29H32IN3O4.C23H32N2O4/c1-20-12-13-23-17-32(21(2)34)15-14-25-24-10-6-7-11-28(24)31-30(25)29(16-26(23)27(20)18-33)35-19-22-8-4-3-5-9-22;2*1-31-33-14-13-21-20-8-4-6-10-24(20)32-28(21)26(37-17-19-7-3-5-9-23(19)30)15-22-18(16-33)11-12-25(34)27(22)29(35)36-2;1-14(27)25-10-9-17-16-5-3-4-6-20(16)24-23(17)22(29-2)11-18-15(12-25)7-8-21(28)19(18)13-26/h3-11,20,23,26-27,29,31,33H,12-19H2,1-2H3;2*3-10,18,22,25-27,32,34H,11-17H2,2H3;3-6,15,18-19,21-22,24,26,28H,7-13H2,1-2H3/t20-,23-,26-,27-,29+;18-,22-,25-,26+,27+;18-,22-,25-,26-,27+;15-,18-,19+,21-,22+/m0000/s1. The van der Waals surface area contributed by atoms with E-state index in [4.69, 9.17) is 41.6 Å². The van der Waals surface area contributed by atoms with Crippen LogP contribution in [0.25, 0.3) is 53.5 Å². The highest BCUT2D eigenvalue weighted by atomic mass is 127. The van der Waals surface area contributed by atoms with E-state index in [1.165, 1.54) is 36.1 Å². The lowest BCUT2D eigenvalue weighted by Crippen LogP contribution is -2.47. The number of amides is 2. The summed E-state index contributed by atoms with van der Waals surface area (Å²) in [4.78, 5) is 77.1. The molecule has 4 fully saturated rings. The quantitative estimate of drug-likeness (QED) is 0.0278. The summed E-state index contributed by atoms with van der Waals surface area (Å²) in [6.07, 6.45) is 9.14. The van der Waals surface area contributed by atoms with Crippen molar-refractivity contribution in [2.75, 3.05) is 86.9 Å².